The van der Waals surface area contributed by atoms with Crippen molar-refractivity contribution in [3.05, 3.63) is 66.2 Å². The van der Waals surface area contributed by atoms with E-state index >= 15 is 0 Å². The van der Waals surface area contributed by atoms with E-state index in [-0.39, 0.29) is 0 Å². The second-order valence-corrected chi connectivity index (χ2v) is 5.12. The standard InChI is InChI=1S/C19H19N3O3/c1-14(11-12-15-7-4-3-5-8-15)21-22-19(24)18(23)20-16-9-6-10-17(13-16)25-2/h3-13H,1-2H3,(H,20,23)(H,22,24)/b12-11+,21-14+. The Bertz CT molecular complexity index is 799. The molecule has 0 aliphatic carbocycles. The van der Waals surface area contributed by atoms with Gasteiger partial charge in [0.2, 0.25) is 0 Å². The normalized spacial score (nSPS) is 11.2. The fourth-order valence-electron chi connectivity index (χ4n) is 1.90. The molecule has 0 saturated carbocycles. The number of rotatable bonds is 5. The first-order chi connectivity index (χ1) is 12.1. The lowest BCUT2D eigenvalue weighted by Crippen LogP contribution is -2.32. The third-order valence-corrected chi connectivity index (χ3v) is 3.18. The molecule has 0 aliphatic rings. The summed E-state index contributed by atoms with van der Waals surface area (Å²) in [6.45, 7) is 1.72. The van der Waals surface area contributed by atoms with Crippen LogP contribution in [0.25, 0.3) is 6.08 Å². The van der Waals surface area contributed by atoms with Gasteiger partial charge in [-0.2, -0.15) is 5.10 Å². The molecule has 0 fully saturated rings. The van der Waals surface area contributed by atoms with Gasteiger partial charge in [0.05, 0.1) is 12.8 Å². The number of hydrazone groups is 1. The maximum Gasteiger partial charge on any atom is 0.329 e. The number of benzene rings is 2. The molecule has 6 heteroatoms. The number of hydrogen-bond acceptors (Lipinski definition) is 4. The first-order valence-electron chi connectivity index (χ1n) is 7.61. The van der Waals surface area contributed by atoms with Crippen molar-refractivity contribution in [2.75, 3.05) is 12.4 Å². The van der Waals surface area contributed by atoms with Crippen LogP contribution >= 0.6 is 0 Å². The summed E-state index contributed by atoms with van der Waals surface area (Å²) in [5.74, 6) is -1.08. The number of methoxy groups -OCH3 is 1. The highest BCUT2D eigenvalue weighted by Crippen LogP contribution is 2.16. The molecule has 0 atom stereocenters. The van der Waals surface area contributed by atoms with E-state index in [2.05, 4.69) is 15.8 Å². The van der Waals surface area contributed by atoms with Crippen molar-refractivity contribution in [2.24, 2.45) is 5.10 Å². The average molecular weight is 337 g/mol. The number of carbonyl (C=O) groups excluding carboxylic acids is 2. The Morgan fingerprint density at radius 1 is 1.04 bits per heavy atom. The molecule has 0 aromatic heterocycles. The first-order valence-corrected chi connectivity index (χ1v) is 7.61. The summed E-state index contributed by atoms with van der Waals surface area (Å²) in [5.41, 5.74) is 4.26. The van der Waals surface area contributed by atoms with Crippen LogP contribution in [-0.4, -0.2) is 24.6 Å². The Morgan fingerprint density at radius 2 is 1.80 bits per heavy atom. The lowest BCUT2D eigenvalue weighted by atomic mass is 10.2. The van der Waals surface area contributed by atoms with E-state index in [1.54, 1.807) is 37.3 Å². The number of anilines is 1. The highest BCUT2D eigenvalue weighted by Gasteiger charge is 2.13. The van der Waals surface area contributed by atoms with Gasteiger partial charge in [-0.25, -0.2) is 5.43 Å². The Balaban J connectivity index is 1.89. The second-order valence-electron chi connectivity index (χ2n) is 5.12. The zero-order chi connectivity index (χ0) is 18.1. The predicted molar refractivity (Wildman–Crippen MR) is 98.4 cm³/mol. The maximum absolute atomic E-state index is 11.9. The lowest BCUT2D eigenvalue weighted by Gasteiger charge is -2.06. The third kappa shape index (κ3) is 5.95. The summed E-state index contributed by atoms with van der Waals surface area (Å²) in [7, 11) is 1.52. The minimum atomic E-state index is -0.852. The van der Waals surface area contributed by atoms with Gasteiger partial charge in [0.1, 0.15) is 5.75 Å². The van der Waals surface area contributed by atoms with Crippen LogP contribution in [0.15, 0.2) is 65.8 Å². The first kappa shape index (κ1) is 17.9. The Kier molecular flexibility index (Phi) is 6.47. The van der Waals surface area contributed by atoms with Crippen LogP contribution in [0.4, 0.5) is 5.69 Å². The molecule has 0 bridgehead atoms. The molecule has 0 radical (unpaired) electrons. The van der Waals surface area contributed by atoms with Gasteiger partial charge in [-0.3, -0.25) is 9.59 Å². The molecule has 6 nitrogen and oxygen atoms in total. The van der Waals surface area contributed by atoms with Crippen LogP contribution in [0.2, 0.25) is 0 Å². The molecule has 2 aromatic rings. The van der Waals surface area contributed by atoms with E-state index in [1.165, 1.54) is 7.11 Å². The van der Waals surface area contributed by atoms with Gasteiger partial charge in [0.25, 0.3) is 0 Å². The minimum Gasteiger partial charge on any atom is -0.497 e. The zero-order valence-corrected chi connectivity index (χ0v) is 14.0. The predicted octanol–water partition coefficient (Wildman–Crippen LogP) is 2.84. The number of ether oxygens (including phenoxy) is 1. The number of allylic oxidation sites excluding steroid dienone is 1. The summed E-state index contributed by atoms with van der Waals surface area (Å²) in [4.78, 5) is 23.6. The fourth-order valence-corrected chi connectivity index (χ4v) is 1.90. The Morgan fingerprint density at radius 3 is 2.52 bits per heavy atom. The van der Waals surface area contributed by atoms with Gasteiger partial charge >= 0.3 is 11.8 Å². The monoisotopic (exact) mass is 337 g/mol. The van der Waals surface area contributed by atoms with Crippen LogP contribution in [0.1, 0.15) is 12.5 Å². The van der Waals surface area contributed by atoms with Crippen LogP contribution < -0.4 is 15.5 Å². The van der Waals surface area contributed by atoms with Crippen molar-refractivity contribution in [1.29, 1.82) is 0 Å². The van der Waals surface area contributed by atoms with Crippen LogP contribution in [0, 0.1) is 0 Å². The van der Waals surface area contributed by atoms with Crippen molar-refractivity contribution in [1.82, 2.24) is 5.43 Å². The van der Waals surface area contributed by atoms with Crippen molar-refractivity contribution in [3.8, 4) is 5.75 Å². The van der Waals surface area contributed by atoms with E-state index in [0.717, 1.165) is 5.56 Å². The van der Waals surface area contributed by atoms with E-state index in [1.807, 2.05) is 36.4 Å². The quantitative estimate of drug-likeness (QED) is 0.500. The number of amides is 2. The summed E-state index contributed by atoms with van der Waals surface area (Å²) >= 11 is 0. The van der Waals surface area contributed by atoms with Gasteiger partial charge in [0, 0.05) is 11.8 Å². The van der Waals surface area contributed by atoms with Crippen molar-refractivity contribution < 1.29 is 14.3 Å². The molecule has 2 N–H and O–H groups in total. The van der Waals surface area contributed by atoms with Gasteiger partial charge in [0.15, 0.2) is 0 Å². The molecular weight excluding hydrogens is 318 g/mol. The van der Waals surface area contributed by atoms with Crippen molar-refractivity contribution >= 4 is 29.3 Å². The minimum absolute atomic E-state index is 0.462. The van der Waals surface area contributed by atoms with Gasteiger partial charge in [-0.1, -0.05) is 42.5 Å². The largest absolute Gasteiger partial charge is 0.497 e. The second kappa shape index (κ2) is 9.02. The molecule has 2 rings (SSSR count). The fraction of sp³-hybridized carbons (Fsp3) is 0.105. The topological polar surface area (TPSA) is 79.8 Å². The summed E-state index contributed by atoms with van der Waals surface area (Å²) < 4.78 is 5.06. The molecule has 2 amide bonds. The molecule has 0 saturated heterocycles. The van der Waals surface area contributed by atoms with Gasteiger partial charge in [-0.15, -0.1) is 0 Å². The highest BCUT2D eigenvalue weighted by molar-refractivity contribution is 6.39. The van der Waals surface area contributed by atoms with Gasteiger partial charge < -0.3 is 10.1 Å². The van der Waals surface area contributed by atoms with Crippen LogP contribution in [0.5, 0.6) is 5.75 Å². The van der Waals surface area contributed by atoms with Crippen LogP contribution in [0.3, 0.4) is 0 Å². The average Bonchev–Trinajstić information content (AvgIpc) is 2.65. The zero-order valence-electron chi connectivity index (χ0n) is 14.0. The lowest BCUT2D eigenvalue weighted by molar-refractivity contribution is -0.136. The highest BCUT2D eigenvalue weighted by atomic mass is 16.5. The molecule has 0 heterocycles. The maximum atomic E-state index is 11.9. The van der Waals surface area contributed by atoms with E-state index in [4.69, 9.17) is 4.74 Å². The summed E-state index contributed by atoms with van der Waals surface area (Å²) in [6.07, 6.45) is 3.61. The van der Waals surface area contributed by atoms with Gasteiger partial charge in [-0.05, 0) is 30.7 Å². The Hall–Kier alpha value is -3.41. The SMILES string of the molecule is COc1cccc(NC(=O)C(=O)N/N=C(C)/C=C/c2ccccc2)c1. The number of nitrogens with one attached hydrogen (secondary N) is 2. The summed E-state index contributed by atoms with van der Waals surface area (Å²) in [6, 6.07) is 16.4. The molecule has 0 aliphatic heterocycles. The summed E-state index contributed by atoms with van der Waals surface area (Å²) in [5, 5.41) is 6.36. The molecule has 0 unspecified atom stereocenters. The molecule has 0 spiro atoms. The van der Waals surface area contributed by atoms with Crippen LogP contribution in [-0.2, 0) is 9.59 Å². The van der Waals surface area contributed by atoms with Crippen molar-refractivity contribution in [3.63, 3.8) is 0 Å². The molecule has 2 aromatic carbocycles. The Labute approximate surface area is 146 Å². The van der Waals surface area contributed by atoms with E-state index in [0.29, 0.717) is 17.1 Å². The molecule has 128 valence electrons. The van der Waals surface area contributed by atoms with E-state index < -0.39 is 11.8 Å². The third-order valence-electron chi connectivity index (χ3n) is 3.18. The molecular formula is C19H19N3O3. The number of nitrogens with zero attached hydrogens (tertiary/aromatic N) is 1. The molecule has 25 heavy (non-hydrogen) atoms. The number of carbonyl (C=O) groups is 2. The van der Waals surface area contributed by atoms with E-state index in [9.17, 15) is 9.59 Å². The van der Waals surface area contributed by atoms with Crippen molar-refractivity contribution in [2.45, 2.75) is 6.92 Å². The smallest absolute Gasteiger partial charge is 0.329 e. The number of hydrogen-bond donors (Lipinski definition) is 2.